The highest BCUT2D eigenvalue weighted by molar-refractivity contribution is 7.89. The van der Waals surface area contributed by atoms with E-state index in [1.54, 1.807) is 16.5 Å². The molecule has 0 atom stereocenters. The van der Waals surface area contributed by atoms with Gasteiger partial charge >= 0.3 is 0 Å². The fraction of sp³-hybridized carbons (Fsp3) is 0.312. The molecule has 0 bridgehead atoms. The van der Waals surface area contributed by atoms with Gasteiger partial charge in [0.25, 0.3) is 5.78 Å². The van der Waals surface area contributed by atoms with Crippen molar-refractivity contribution in [3.63, 3.8) is 0 Å². The summed E-state index contributed by atoms with van der Waals surface area (Å²) in [4.78, 5) is 4.53. The molecule has 3 rings (SSSR count). The topological polar surface area (TPSA) is 89.2 Å². The van der Waals surface area contributed by atoms with Crippen LogP contribution in [0.25, 0.3) is 5.78 Å². The number of benzene rings is 1. The average molecular weight is 345 g/mol. The van der Waals surface area contributed by atoms with Crippen LogP contribution in [0.5, 0.6) is 0 Å². The number of aromatic nitrogens is 4. The highest BCUT2D eigenvalue weighted by Crippen LogP contribution is 2.12. The van der Waals surface area contributed by atoms with Gasteiger partial charge in [-0.15, -0.1) is 10.2 Å². The molecule has 24 heavy (non-hydrogen) atoms. The third-order valence-corrected chi connectivity index (χ3v) is 5.24. The summed E-state index contributed by atoms with van der Waals surface area (Å²) in [5.41, 5.74) is 2.84. The van der Waals surface area contributed by atoms with Crippen molar-refractivity contribution in [2.24, 2.45) is 0 Å². The number of nitrogens with zero attached hydrogens (tertiary/aromatic N) is 4. The Hall–Kier alpha value is -2.32. The van der Waals surface area contributed by atoms with Crippen LogP contribution in [0.3, 0.4) is 0 Å². The number of sulfonamides is 1. The Balaban J connectivity index is 1.84. The highest BCUT2D eigenvalue weighted by atomic mass is 32.2. The van der Waals surface area contributed by atoms with E-state index in [-0.39, 0.29) is 11.4 Å². The smallest absolute Gasteiger partial charge is 0.255 e. The zero-order valence-electron chi connectivity index (χ0n) is 13.8. The summed E-state index contributed by atoms with van der Waals surface area (Å²) in [6.07, 6.45) is 0.866. The van der Waals surface area contributed by atoms with Crippen LogP contribution in [0.4, 0.5) is 0 Å². The summed E-state index contributed by atoms with van der Waals surface area (Å²) in [6, 6.07) is 8.76. The minimum Gasteiger partial charge on any atom is -0.266 e. The molecule has 0 aliphatic carbocycles. The molecule has 8 heteroatoms. The molecule has 0 aliphatic heterocycles. The second kappa shape index (κ2) is 6.29. The lowest BCUT2D eigenvalue weighted by atomic mass is 10.2. The number of hydrogen-bond acceptors (Lipinski definition) is 5. The van der Waals surface area contributed by atoms with Gasteiger partial charge in [0, 0.05) is 11.4 Å². The summed E-state index contributed by atoms with van der Waals surface area (Å²) in [7, 11) is -3.60. The van der Waals surface area contributed by atoms with Crippen molar-refractivity contribution in [3.05, 3.63) is 53.1 Å². The summed E-state index contributed by atoms with van der Waals surface area (Å²) >= 11 is 0. The first-order valence-electron chi connectivity index (χ1n) is 7.67. The SMILES string of the molecule is CCc1ccc(S(=O)(=O)NCc2nnc3nc(C)cc(C)n23)cc1. The quantitative estimate of drug-likeness (QED) is 0.761. The largest absolute Gasteiger partial charge is 0.266 e. The molecule has 126 valence electrons. The minimum atomic E-state index is -3.60. The van der Waals surface area contributed by atoms with E-state index in [1.807, 2.05) is 39.0 Å². The molecule has 0 fully saturated rings. The maximum absolute atomic E-state index is 12.4. The standard InChI is InChI=1S/C16H19N5O2S/c1-4-13-5-7-14(8-6-13)24(22,23)17-10-15-19-20-16-18-11(2)9-12(3)21(15)16/h5-9,17H,4,10H2,1-3H3. The van der Waals surface area contributed by atoms with Gasteiger partial charge in [0.05, 0.1) is 11.4 Å². The number of rotatable bonds is 5. The van der Waals surface area contributed by atoms with Crippen LogP contribution < -0.4 is 4.72 Å². The minimum absolute atomic E-state index is 0.0462. The van der Waals surface area contributed by atoms with Gasteiger partial charge in [0.15, 0.2) is 5.82 Å². The zero-order valence-corrected chi connectivity index (χ0v) is 14.6. The van der Waals surface area contributed by atoms with Gasteiger partial charge in [-0.3, -0.25) is 4.40 Å². The van der Waals surface area contributed by atoms with E-state index in [0.717, 1.165) is 23.4 Å². The molecule has 1 N–H and O–H groups in total. The Morgan fingerprint density at radius 1 is 1.12 bits per heavy atom. The first-order valence-corrected chi connectivity index (χ1v) is 9.16. The Bertz CT molecular complexity index is 978. The van der Waals surface area contributed by atoms with Crippen molar-refractivity contribution in [1.29, 1.82) is 0 Å². The van der Waals surface area contributed by atoms with Crippen molar-refractivity contribution >= 4 is 15.8 Å². The lowest BCUT2D eigenvalue weighted by Crippen LogP contribution is -2.24. The molecule has 2 heterocycles. The fourth-order valence-corrected chi connectivity index (χ4v) is 3.54. The predicted molar refractivity (Wildman–Crippen MR) is 90.1 cm³/mol. The van der Waals surface area contributed by atoms with Gasteiger partial charge in [-0.2, -0.15) is 0 Å². The van der Waals surface area contributed by atoms with Crippen molar-refractivity contribution in [2.45, 2.75) is 38.6 Å². The van der Waals surface area contributed by atoms with Crippen LogP contribution in [0.15, 0.2) is 35.2 Å². The molecule has 0 amide bonds. The third kappa shape index (κ3) is 3.15. The number of fused-ring (bicyclic) bond motifs is 1. The summed E-state index contributed by atoms with van der Waals surface area (Å²) in [6.45, 7) is 5.86. The van der Waals surface area contributed by atoms with Gasteiger partial charge in [0.1, 0.15) is 0 Å². The second-order valence-corrected chi connectivity index (χ2v) is 7.38. The Morgan fingerprint density at radius 2 is 1.83 bits per heavy atom. The van der Waals surface area contributed by atoms with E-state index in [4.69, 9.17) is 0 Å². The molecule has 0 saturated heterocycles. The van der Waals surface area contributed by atoms with Crippen LogP contribution in [0.2, 0.25) is 0 Å². The van der Waals surface area contributed by atoms with Crippen LogP contribution in [0.1, 0.15) is 29.7 Å². The average Bonchev–Trinajstić information content (AvgIpc) is 2.96. The Kier molecular flexibility index (Phi) is 4.33. The Labute approximate surface area is 140 Å². The lowest BCUT2D eigenvalue weighted by molar-refractivity contribution is 0.578. The molecule has 0 radical (unpaired) electrons. The van der Waals surface area contributed by atoms with E-state index in [9.17, 15) is 8.42 Å². The molecular formula is C16H19N5O2S. The molecule has 0 aliphatic rings. The zero-order chi connectivity index (χ0) is 17.3. The molecule has 7 nitrogen and oxygen atoms in total. The van der Waals surface area contributed by atoms with Crippen molar-refractivity contribution in [2.75, 3.05) is 0 Å². The van der Waals surface area contributed by atoms with Crippen LogP contribution >= 0.6 is 0 Å². The summed E-state index contributed by atoms with van der Waals surface area (Å²) in [5.74, 6) is 0.970. The molecule has 0 saturated carbocycles. The van der Waals surface area contributed by atoms with Crippen molar-refractivity contribution in [1.82, 2.24) is 24.3 Å². The maximum Gasteiger partial charge on any atom is 0.255 e. The van der Waals surface area contributed by atoms with Crippen LogP contribution in [-0.4, -0.2) is 28.0 Å². The molecule has 0 spiro atoms. The lowest BCUT2D eigenvalue weighted by Gasteiger charge is -2.08. The maximum atomic E-state index is 12.4. The normalized spacial score (nSPS) is 12.0. The van der Waals surface area contributed by atoms with Gasteiger partial charge in [-0.25, -0.2) is 18.1 Å². The number of aryl methyl sites for hydroxylation is 3. The first-order chi connectivity index (χ1) is 11.4. The molecule has 1 aromatic carbocycles. The number of nitrogens with one attached hydrogen (secondary N) is 1. The van der Waals surface area contributed by atoms with E-state index >= 15 is 0 Å². The molecule has 3 aromatic rings. The predicted octanol–water partition coefficient (Wildman–Crippen LogP) is 1.78. The monoisotopic (exact) mass is 345 g/mol. The van der Waals surface area contributed by atoms with Gasteiger partial charge in [0.2, 0.25) is 10.0 Å². The number of hydrogen-bond donors (Lipinski definition) is 1. The fourth-order valence-electron chi connectivity index (χ4n) is 2.56. The van der Waals surface area contributed by atoms with Crippen molar-refractivity contribution < 1.29 is 8.42 Å². The van der Waals surface area contributed by atoms with Crippen molar-refractivity contribution in [3.8, 4) is 0 Å². The van der Waals surface area contributed by atoms with Crippen LogP contribution in [-0.2, 0) is 23.0 Å². The van der Waals surface area contributed by atoms with E-state index in [2.05, 4.69) is 19.9 Å². The molecule has 2 aromatic heterocycles. The van der Waals surface area contributed by atoms with E-state index in [0.29, 0.717) is 11.6 Å². The van der Waals surface area contributed by atoms with Gasteiger partial charge in [-0.1, -0.05) is 19.1 Å². The third-order valence-electron chi connectivity index (χ3n) is 3.82. The van der Waals surface area contributed by atoms with E-state index < -0.39 is 10.0 Å². The second-order valence-electron chi connectivity index (χ2n) is 5.61. The Morgan fingerprint density at radius 3 is 2.50 bits per heavy atom. The van der Waals surface area contributed by atoms with Gasteiger partial charge in [-0.05, 0) is 44.0 Å². The van der Waals surface area contributed by atoms with Crippen LogP contribution in [0, 0.1) is 13.8 Å². The van der Waals surface area contributed by atoms with E-state index in [1.165, 1.54) is 0 Å². The summed E-state index contributed by atoms with van der Waals surface area (Å²) < 4.78 is 29.2. The molecular weight excluding hydrogens is 326 g/mol. The molecule has 0 unspecified atom stereocenters. The summed E-state index contributed by atoms with van der Waals surface area (Å²) in [5, 5.41) is 8.05. The van der Waals surface area contributed by atoms with Gasteiger partial charge < -0.3 is 0 Å². The highest BCUT2D eigenvalue weighted by Gasteiger charge is 2.16. The first kappa shape index (κ1) is 16.5.